The van der Waals surface area contributed by atoms with Crippen molar-refractivity contribution in [1.29, 1.82) is 0 Å². The lowest BCUT2D eigenvalue weighted by Crippen LogP contribution is -2.47. The molecule has 0 saturated heterocycles. The SMILES string of the molecule is C=CC(=O)N(Cc1cc(F)cc(OCC)c1)[C@H]1CCCC[C@@H]1O. The third-order valence-corrected chi connectivity index (χ3v) is 4.15. The molecule has 23 heavy (non-hydrogen) atoms. The Balaban J connectivity index is 2.23. The third kappa shape index (κ3) is 4.55. The number of halogens is 1. The number of rotatable bonds is 6. The van der Waals surface area contributed by atoms with Crippen molar-refractivity contribution in [2.24, 2.45) is 0 Å². The van der Waals surface area contributed by atoms with Crippen molar-refractivity contribution in [3.05, 3.63) is 42.2 Å². The fourth-order valence-corrected chi connectivity index (χ4v) is 3.09. The molecule has 1 aromatic rings. The van der Waals surface area contributed by atoms with E-state index in [4.69, 9.17) is 4.74 Å². The summed E-state index contributed by atoms with van der Waals surface area (Å²) < 4.78 is 19.1. The molecule has 1 aliphatic carbocycles. The van der Waals surface area contributed by atoms with Crippen LogP contribution in [0, 0.1) is 5.82 Å². The van der Waals surface area contributed by atoms with Gasteiger partial charge in [0.1, 0.15) is 11.6 Å². The monoisotopic (exact) mass is 321 g/mol. The average molecular weight is 321 g/mol. The Morgan fingerprint density at radius 1 is 1.43 bits per heavy atom. The molecule has 0 aliphatic heterocycles. The summed E-state index contributed by atoms with van der Waals surface area (Å²) >= 11 is 0. The van der Waals surface area contributed by atoms with Crippen LogP contribution in [0.5, 0.6) is 5.75 Å². The van der Waals surface area contributed by atoms with E-state index in [-0.39, 0.29) is 18.5 Å². The number of aliphatic hydroxyl groups excluding tert-OH is 1. The van der Waals surface area contributed by atoms with Gasteiger partial charge < -0.3 is 14.7 Å². The van der Waals surface area contributed by atoms with Gasteiger partial charge in [0.05, 0.1) is 18.8 Å². The third-order valence-electron chi connectivity index (χ3n) is 4.15. The first-order chi connectivity index (χ1) is 11.0. The molecule has 1 saturated carbocycles. The van der Waals surface area contributed by atoms with Crippen molar-refractivity contribution >= 4 is 5.91 Å². The highest BCUT2D eigenvalue weighted by atomic mass is 19.1. The molecule has 5 heteroatoms. The maximum Gasteiger partial charge on any atom is 0.246 e. The van der Waals surface area contributed by atoms with Gasteiger partial charge in [-0.2, -0.15) is 0 Å². The first kappa shape index (κ1) is 17.5. The standard InChI is InChI=1S/C18H24FNO3/c1-3-18(22)20(16-7-5-6-8-17(16)21)12-13-9-14(19)11-15(10-13)23-4-2/h3,9-11,16-17,21H,1,4-8,12H2,2H3/t16-,17-/m0/s1. The van der Waals surface area contributed by atoms with E-state index >= 15 is 0 Å². The lowest BCUT2D eigenvalue weighted by molar-refractivity contribution is -0.132. The molecule has 0 aromatic heterocycles. The Kier molecular flexibility index (Phi) is 6.16. The highest BCUT2D eigenvalue weighted by Crippen LogP contribution is 2.26. The van der Waals surface area contributed by atoms with E-state index in [1.54, 1.807) is 11.0 Å². The van der Waals surface area contributed by atoms with Gasteiger partial charge >= 0.3 is 0 Å². The normalized spacial score (nSPS) is 20.8. The Hall–Kier alpha value is -1.88. The zero-order valence-corrected chi connectivity index (χ0v) is 13.5. The number of carbonyl (C=O) groups excluding carboxylic acids is 1. The second kappa shape index (κ2) is 8.11. The van der Waals surface area contributed by atoms with Gasteiger partial charge in [0.2, 0.25) is 5.91 Å². The first-order valence-electron chi connectivity index (χ1n) is 8.08. The number of hydrogen-bond donors (Lipinski definition) is 1. The largest absolute Gasteiger partial charge is 0.494 e. The van der Waals surface area contributed by atoms with Crippen molar-refractivity contribution < 1.29 is 19.0 Å². The molecule has 1 aromatic carbocycles. The Morgan fingerprint density at radius 3 is 2.83 bits per heavy atom. The topological polar surface area (TPSA) is 49.8 Å². The predicted octanol–water partition coefficient (Wildman–Crippen LogP) is 3.04. The zero-order valence-electron chi connectivity index (χ0n) is 13.5. The van der Waals surface area contributed by atoms with E-state index in [1.807, 2.05) is 6.92 Å². The van der Waals surface area contributed by atoms with Gasteiger partial charge in [-0.05, 0) is 43.5 Å². The molecule has 0 heterocycles. The fraction of sp³-hybridized carbons (Fsp3) is 0.500. The van der Waals surface area contributed by atoms with E-state index in [0.29, 0.717) is 24.3 Å². The molecule has 1 N–H and O–H groups in total. The molecule has 4 nitrogen and oxygen atoms in total. The minimum atomic E-state index is -0.549. The summed E-state index contributed by atoms with van der Waals surface area (Å²) in [6, 6.07) is 4.18. The highest BCUT2D eigenvalue weighted by Gasteiger charge is 2.31. The molecule has 0 bridgehead atoms. The Bertz CT molecular complexity index is 561. The first-order valence-corrected chi connectivity index (χ1v) is 8.08. The van der Waals surface area contributed by atoms with Crippen molar-refractivity contribution in [3.8, 4) is 5.75 Å². The van der Waals surface area contributed by atoms with E-state index in [1.165, 1.54) is 18.2 Å². The van der Waals surface area contributed by atoms with Gasteiger partial charge in [0.15, 0.2) is 0 Å². The van der Waals surface area contributed by atoms with Gasteiger partial charge in [-0.1, -0.05) is 19.4 Å². The zero-order chi connectivity index (χ0) is 16.8. The number of ether oxygens (including phenoxy) is 1. The van der Waals surface area contributed by atoms with E-state index in [9.17, 15) is 14.3 Å². The molecule has 1 amide bonds. The number of nitrogens with zero attached hydrogens (tertiary/aromatic N) is 1. The van der Waals surface area contributed by atoms with Crippen LogP contribution in [0.4, 0.5) is 4.39 Å². The molecule has 2 rings (SSSR count). The maximum absolute atomic E-state index is 13.8. The average Bonchev–Trinajstić information content (AvgIpc) is 2.52. The van der Waals surface area contributed by atoms with Crippen molar-refractivity contribution in [2.75, 3.05) is 6.61 Å². The molecule has 0 unspecified atom stereocenters. The molecular weight excluding hydrogens is 297 g/mol. The molecule has 0 radical (unpaired) electrons. The summed E-state index contributed by atoms with van der Waals surface area (Å²) in [5.41, 5.74) is 0.640. The molecule has 2 atom stereocenters. The lowest BCUT2D eigenvalue weighted by atomic mass is 9.91. The van der Waals surface area contributed by atoms with Gasteiger partial charge in [-0.25, -0.2) is 4.39 Å². The maximum atomic E-state index is 13.8. The number of carbonyl (C=O) groups is 1. The Morgan fingerprint density at radius 2 is 2.17 bits per heavy atom. The lowest BCUT2D eigenvalue weighted by Gasteiger charge is -2.37. The van der Waals surface area contributed by atoms with Gasteiger partial charge in [-0.15, -0.1) is 0 Å². The number of hydrogen-bond acceptors (Lipinski definition) is 3. The summed E-state index contributed by atoms with van der Waals surface area (Å²) in [5.74, 6) is -0.211. The van der Waals surface area contributed by atoms with Crippen molar-refractivity contribution in [2.45, 2.75) is 51.3 Å². The second-order valence-corrected chi connectivity index (χ2v) is 5.82. The van der Waals surface area contributed by atoms with Crippen LogP contribution in [-0.4, -0.2) is 34.7 Å². The van der Waals surface area contributed by atoms with Crippen LogP contribution >= 0.6 is 0 Å². The quantitative estimate of drug-likeness (QED) is 0.819. The summed E-state index contributed by atoms with van der Waals surface area (Å²) in [6.07, 6.45) is 4.04. The van der Waals surface area contributed by atoms with Crippen LogP contribution in [0.3, 0.4) is 0 Å². The van der Waals surface area contributed by atoms with E-state index < -0.39 is 11.9 Å². The molecule has 126 valence electrons. The van der Waals surface area contributed by atoms with E-state index in [0.717, 1.165) is 19.3 Å². The van der Waals surface area contributed by atoms with Gasteiger partial charge in [0.25, 0.3) is 0 Å². The van der Waals surface area contributed by atoms with Gasteiger partial charge in [0, 0.05) is 12.6 Å². The molecule has 0 spiro atoms. The van der Waals surface area contributed by atoms with Crippen LogP contribution in [0.2, 0.25) is 0 Å². The number of aliphatic hydroxyl groups is 1. The molecule has 1 aliphatic rings. The highest BCUT2D eigenvalue weighted by molar-refractivity contribution is 5.87. The number of amides is 1. The second-order valence-electron chi connectivity index (χ2n) is 5.82. The fourth-order valence-electron chi connectivity index (χ4n) is 3.09. The van der Waals surface area contributed by atoms with Crippen LogP contribution in [-0.2, 0) is 11.3 Å². The van der Waals surface area contributed by atoms with Crippen molar-refractivity contribution in [1.82, 2.24) is 4.90 Å². The summed E-state index contributed by atoms with van der Waals surface area (Å²) in [6.45, 7) is 6.04. The minimum absolute atomic E-state index is 0.227. The minimum Gasteiger partial charge on any atom is -0.494 e. The van der Waals surface area contributed by atoms with Gasteiger partial charge in [-0.3, -0.25) is 4.79 Å². The Labute approximate surface area is 136 Å². The molecule has 1 fully saturated rings. The van der Waals surface area contributed by atoms with Crippen LogP contribution in [0.25, 0.3) is 0 Å². The summed E-state index contributed by atoms with van der Waals surface area (Å²) in [4.78, 5) is 13.8. The molecular formula is C18H24FNO3. The number of benzene rings is 1. The summed E-state index contributed by atoms with van der Waals surface area (Å²) in [5, 5.41) is 10.2. The van der Waals surface area contributed by atoms with Crippen LogP contribution in [0.15, 0.2) is 30.9 Å². The van der Waals surface area contributed by atoms with Crippen LogP contribution < -0.4 is 4.74 Å². The van der Waals surface area contributed by atoms with Crippen molar-refractivity contribution in [3.63, 3.8) is 0 Å². The van der Waals surface area contributed by atoms with E-state index in [2.05, 4.69) is 6.58 Å². The predicted molar refractivity (Wildman–Crippen MR) is 86.6 cm³/mol. The van der Waals surface area contributed by atoms with Crippen LogP contribution in [0.1, 0.15) is 38.2 Å². The smallest absolute Gasteiger partial charge is 0.246 e. The summed E-state index contributed by atoms with van der Waals surface area (Å²) in [7, 11) is 0.